The van der Waals surface area contributed by atoms with Crippen LogP contribution in [0.2, 0.25) is 13.3 Å². The molecule has 1 nitrogen and oxygen atoms in total. The molecule has 2 heteroatoms. The van der Waals surface area contributed by atoms with Crippen LogP contribution in [0.4, 0.5) is 0 Å². The molecule has 0 radical (unpaired) electrons. The first kappa shape index (κ1) is 18.1. The fraction of sp³-hybridized carbons (Fsp3) is 0.812. The Morgan fingerprint density at radius 3 is 1.67 bits per heavy atom. The van der Waals surface area contributed by atoms with E-state index in [4.69, 9.17) is 4.74 Å². The van der Waals surface area contributed by atoms with Gasteiger partial charge < -0.3 is 0 Å². The molecule has 18 heavy (non-hydrogen) atoms. The third-order valence-electron chi connectivity index (χ3n) is 3.66. The van der Waals surface area contributed by atoms with Gasteiger partial charge >= 0.3 is 119 Å². The van der Waals surface area contributed by atoms with Gasteiger partial charge in [-0.3, -0.25) is 0 Å². The summed E-state index contributed by atoms with van der Waals surface area (Å²) >= 11 is -2.06. The maximum absolute atomic E-state index is 5.02. The standard InChI is InChI=1S/C4H5O.3C4H9.Sn/c1-3-4-5-2;3*1-3-4-2;/h1,4H,2H3;3*1,3-4H2,2H3;. The molecule has 0 heterocycles. The van der Waals surface area contributed by atoms with Gasteiger partial charge in [-0.05, 0) is 0 Å². The van der Waals surface area contributed by atoms with Gasteiger partial charge in [-0.1, -0.05) is 0 Å². The van der Waals surface area contributed by atoms with Crippen molar-refractivity contribution in [2.45, 2.75) is 72.6 Å². The summed E-state index contributed by atoms with van der Waals surface area (Å²) in [6, 6.07) is 0. The number of unbranched alkanes of at least 4 members (excludes halogenated alkanes) is 3. The van der Waals surface area contributed by atoms with E-state index < -0.39 is 18.4 Å². The van der Waals surface area contributed by atoms with Crippen molar-refractivity contribution in [3.05, 3.63) is 16.1 Å². The Kier molecular flexibility index (Phi) is 12.2. The third kappa shape index (κ3) is 8.26. The maximum atomic E-state index is 5.02. The Labute approximate surface area is 119 Å². The average Bonchev–Trinajstić information content (AvgIpc) is 2.40. The molecule has 0 bridgehead atoms. The minimum absolute atomic E-state index is 1.33. The molecule has 0 aromatic rings. The van der Waals surface area contributed by atoms with Gasteiger partial charge in [0.05, 0.1) is 0 Å². The van der Waals surface area contributed by atoms with E-state index in [0.29, 0.717) is 0 Å². The van der Waals surface area contributed by atoms with Crippen molar-refractivity contribution in [3.63, 3.8) is 0 Å². The van der Waals surface area contributed by atoms with E-state index in [-0.39, 0.29) is 0 Å². The van der Waals surface area contributed by atoms with Crippen LogP contribution in [0.3, 0.4) is 0 Å². The van der Waals surface area contributed by atoms with Crippen molar-refractivity contribution in [2.24, 2.45) is 0 Å². The van der Waals surface area contributed by atoms with E-state index in [1.54, 1.807) is 13.4 Å². The molecule has 0 atom stereocenters. The zero-order valence-electron chi connectivity index (χ0n) is 12.9. The van der Waals surface area contributed by atoms with Crippen LogP contribution in [0.15, 0.2) is 16.1 Å². The Bertz CT molecular complexity index is 220. The summed E-state index contributed by atoms with van der Waals surface area (Å²) in [5.74, 6) is 0. The zero-order chi connectivity index (χ0) is 13.7. The first-order valence-corrected chi connectivity index (χ1v) is 15.4. The van der Waals surface area contributed by atoms with Crippen molar-refractivity contribution in [3.8, 4) is 0 Å². The molecule has 0 aliphatic heterocycles. The van der Waals surface area contributed by atoms with Crippen molar-refractivity contribution in [2.75, 3.05) is 7.11 Å². The van der Waals surface area contributed by atoms with Crippen molar-refractivity contribution in [1.82, 2.24) is 0 Å². The number of hydrogen-bond acceptors (Lipinski definition) is 1. The molecule has 0 fully saturated rings. The summed E-state index contributed by atoms with van der Waals surface area (Å²) < 4.78 is 12.0. The van der Waals surface area contributed by atoms with Crippen molar-refractivity contribution >= 4 is 18.4 Å². The third-order valence-corrected chi connectivity index (χ3v) is 17.4. The average molecular weight is 359 g/mol. The number of ether oxygens (including phenoxy) is 1. The number of rotatable bonds is 11. The fourth-order valence-corrected chi connectivity index (χ4v) is 16.1. The molecule has 0 aliphatic carbocycles. The summed E-state index contributed by atoms with van der Waals surface area (Å²) in [5, 5.41) is 0. The van der Waals surface area contributed by atoms with Gasteiger partial charge in [-0.25, -0.2) is 0 Å². The van der Waals surface area contributed by atoms with Crippen LogP contribution >= 0.6 is 0 Å². The minimum atomic E-state index is -2.06. The molecule has 0 aromatic carbocycles. The van der Waals surface area contributed by atoms with Gasteiger partial charge in [0.15, 0.2) is 0 Å². The van der Waals surface area contributed by atoms with Crippen LogP contribution in [0, 0.1) is 0 Å². The molecule has 0 aliphatic rings. The van der Waals surface area contributed by atoms with Crippen LogP contribution in [0.1, 0.15) is 59.3 Å². The van der Waals surface area contributed by atoms with E-state index in [1.807, 2.05) is 0 Å². The van der Waals surface area contributed by atoms with Crippen LogP contribution in [-0.2, 0) is 4.74 Å². The molecule has 0 amide bonds. The second-order valence-electron chi connectivity index (χ2n) is 5.34. The van der Waals surface area contributed by atoms with Gasteiger partial charge in [-0.15, -0.1) is 0 Å². The zero-order valence-corrected chi connectivity index (χ0v) is 15.8. The summed E-state index contributed by atoms with van der Waals surface area (Å²) in [4.78, 5) is 0. The van der Waals surface area contributed by atoms with Gasteiger partial charge in [0, 0.05) is 0 Å². The molecule has 0 N–H and O–H groups in total. The first-order valence-electron chi connectivity index (χ1n) is 7.69. The molecule has 0 aromatic heterocycles. The first-order chi connectivity index (χ1) is 8.74. The van der Waals surface area contributed by atoms with Gasteiger partial charge in [0.1, 0.15) is 0 Å². The Hall–Kier alpha value is 0.119. The predicted molar refractivity (Wildman–Crippen MR) is 84.6 cm³/mol. The normalized spacial score (nSPS) is 10.9. The molecule has 0 unspecified atom stereocenters. The van der Waals surface area contributed by atoms with Gasteiger partial charge in [0.25, 0.3) is 0 Å². The molecular formula is C16H32OSn. The monoisotopic (exact) mass is 360 g/mol. The van der Waals surface area contributed by atoms with Gasteiger partial charge in [-0.2, -0.15) is 0 Å². The molecule has 0 rings (SSSR count). The summed E-state index contributed by atoms with van der Waals surface area (Å²) in [5.41, 5.74) is 3.32. The number of hydrogen-bond donors (Lipinski definition) is 0. The number of methoxy groups -OCH3 is 1. The topological polar surface area (TPSA) is 9.23 Å². The Morgan fingerprint density at radius 2 is 1.33 bits per heavy atom. The molecule has 0 spiro atoms. The van der Waals surface area contributed by atoms with Crippen LogP contribution in [-0.4, -0.2) is 25.5 Å². The van der Waals surface area contributed by atoms with E-state index in [0.717, 1.165) is 0 Å². The molecule has 0 saturated carbocycles. The molecular weight excluding hydrogens is 327 g/mol. The Morgan fingerprint density at radius 1 is 0.889 bits per heavy atom. The molecule has 0 saturated heterocycles. The quantitative estimate of drug-likeness (QED) is 0.262. The van der Waals surface area contributed by atoms with E-state index in [9.17, 15) is 0 Å². The van der Waals surface area contributed by atoms with Crippen molar-refractivity contribution < 1.29 is 4.74 Å². The second kappa shape index (κ2) is 12.2. The second-order valence-corrected chi connectivity index (χ2v) is 18.2. The van der Waals surface area contributed by atoms with Gasteiger partial charge in [0.2, 0.25) is 0 Å². The van der Waals surface area contributed by atoms with E-state index >= 15 is 0 Å². The van der Waals surface area contributed by atoms with Crippen molar-refractivity contribution in [1.29, 1.82) is 0 Å². The van der Waals surface area contributed by atoms with Crippen LogP contribution in [0.25, 0.3) is 0 Å². The SMILES string of the molecule is CCC[CH2][Sn]([CH]=C=COC)([CH2]CCC)[CH2]CCC. The summed E-state index contributed by atoms with van der Waals surface area (Å²) in [6.07, 6.45) is 9.96. The Balaban J connectivity index is 4.78. The fourth-order valence-electron chi connectivity index (χ4n) is 2.46. The van der Waals surface area contributed by atoms with E-state index in [2.05, 4.69) is 30.6 Å². The molecule has 106 valence electrons. The van der Waals surface area contributed by atoms with E-state index in [1.165, 1.54) is 51.8 Å². The summed E-state index contributed by atoms with van der Waals surface area (Å²) in [7, 11) is 1.71. The predicted octanol–water partition coefficient (Wildman–Crippen LogP) is 5.69. The summed E-state index contributed by atoms with van der Waals surface area (Å²) in [6.45, 7) is 6.93. The van der Waals surface area contributed by atoms with Crippen LogP contribution in [0.5, 0.6) is 0 Å². The van der Waals surface area contributed by atoms with Crippen LogP contribution < -0.4 is 0 Å².